The third kappa shape index (κ3) is 3.75. The summed E-state index contributed by atoms with van der Waals surface area (Å²) in [7, 11) is 0. The molecule has 6 nitrogen and oxygen atoms in total. The zero-order valence-corrected chi connectivity index (χ0v) is 13.9. The summed E-state index contributed by atoms with van der Waals surface area (Å²) in [5.41, 5.74) is 2.58. The quantitative estimate of drug-likeness (QED) is 0.775. The van der Waals surface area contributed by atoms with Crippen molar-refractivity contribution in [2.75, 3.05) is 5.32 Å². The minimum Gasteiger partial charge on any atom is -0.309 e. The first-order valence-electron chi connectivity index (χ1n) is 7.47. The van der Waals surface area contributed by atoms with Gasteiger partial charge in [0.2, 0.25) is 5.91 Å². The minimum atomic E-state index is -0.200. The smallest absolute Gasteiger partial charge is 0.307 e. The van der Waals surface area contributed by atoms with Gasteiger partial charge in [0, 0.05) is 29.6 Å². The number of hydrogen-bond donors (Lipinski definition) is 1. The van der Waals surface area contributed by atoms with Crippen LogP contribution in [-0.4, -0.2) is 20.7 Å². The highest BCUT2D eigenvalue weighted by atomic mass is 32.1. The highest BCUT2D eigenvalue weighted by Crippen LogP contribution is 2.16. The van der Waals surface area contributed by atoms with Crippen LogP contribution in [0.1, 0.15) is 12.1 Å². The molecule has 122 valence electrons. The number of carbonyl (C=O) groups is 1. The van der Waals surface area contributed by atoms with Gasteiger partial charge in [-0.2, -0.15) is 0 Å². The van der Waals surface area contributed by atoms with Crippen LogP contribution >= 0.6 is 11.3 Å². The number of amides is 1. The average molecular weight is 340 g/mol. The molecule has 0 aliphatic heterocycles. The molecule has 2 aromatic heterocycles. The molecule has 0 aliphatic carbocycles. The first kappa shape index (κ1) is 16.1. The Morgan fingerprint density at radius 2 is 1.96 bits per heavy atom. The molecule has 3 rings (SSSR count). The lowest BCUT2D eigenvalue weighted by molar-refractivity contribution is -0.116. The third-order valence-corrected chi connectivity index (χ3v) is 4.42. The van der Waals surface area contributed by atoms with Crippen molar-refractivity contribution in [3.8, 4) is 11.3 Å². The summed E-state index contributed by atoms with van der Waals surface area (Å²) in [6.07, 6.45) is 0.208. The van der Waals surface area contributed by atoms with Crippen molar-refractivity contribution in [3.05, 3.63) is 63.2 Å². The van der Waals surface area contributed by atoms with Crippen molar-refractivity contribution in [3.63, 3.8) is 0 Å². The molecule has 0 radical (unpaired) electrons. The maximum atomic E-state index is 12.0. The molecule has 0 fully saturated rings. The molecule has 3 aromatic rings. The van der Waals surface area contributed by atoms with E-state index in [1.807, 2.05) is 43.3 Å². The fraction of sp³-hybridized carbons (Fsp3) is 0.176. The largest absolute Gasteiger partial charge is 0.309 e. The summed E-state index contributed by atoms with van der Waals surface area (Å²) in [6, 6.07) is 13.2. The predicted octanol–water partition coefficient (Wildman–Crippen LogP) is 2.70. The minimum absolute atomic E-state index is 0.0488. The van der Waals surface area contributed by atoms with E-state index in [4.69, 9.17) is 0 Å². The van der Waals surface area contributed by atoms with Gasteiger partial charge in [0.1, 0.15) is 0 Å². The molecule has 1 aromatic carbocycles. The van der Waals surface area contributed by atoms with Crippen molar-refractivity contribution in [2.24, 2.45) is 0 Å². The number of benzene rings is 1. The average Bonchev–Trinajstić information content (AvgIpc) is 2.93. The van der Waals surface area contributed by atoms with Crippen molar-refractivity contribution in [2.45, 2.75) is 19.9 Å². The van der Waals surface area contributed by atoms with Gasteiger partial charge >= 0.3 is 4.87 Å². The van der Waals surface area contributed by atoms with Crippen LogP contribution in [-0.2, 0) is 11.3 Å². The Bertz CT molecular complexity index is 885. The van der Waals surface area contributed by atoms with Crippen LogP contribution in [0.5, 0.6) is 0 Å². The van der Waals surface area contributed by atoms with Crippen LogP contribution in [0.3, 0.4) is 0 Å². The number of rotatable bonds is 5. The van der Waals surface area contributed by atoms with Gasteiger partial charge in [0.25, 0.3) is 0 Å². The van der Waals surface area contributed by atoms with Crippen molar-refractivity contribution in [1.29, 1.82) is 0 Å². The molecule has 0 spiro atoms. The van der Waals surface area contributed by atoms with E-state index in [2.05, 4.69) is 15.5 Å². The summed E-state index contributed by atoms with van der Waals surface area (Å²) < 4.78 is 1.59. The molecule has 2 heterocycles. The van der Waals surface area contributed by atoms with E-state index in [9.17, 15) is 9.59 Å². The Hall–Kier alpha value is -2.80. The van der Waals surface area contributed by atoms with Gasteiger partial charge in [0.15, 0.2) is 5.82 Å². The zero-order chi connectivity index (χ0) is 16.9. The summed E-state index contributed by atoms with van der Waals surface area (Å²) in [5.74, 6) is 0.198. The summed E-state index contributed by atoms with van der Waals surface area (Å²) >= 11 is 1.14. The van der Waals surface area contributed by atoms with Crippen LogP contribution in [0.25, 0.3) is 11.3 Å². The van der Waals surface area contributed by atoms with E-state index >= 15 is 0 Å². The molecular weight excluding hydrogens is 324 g/mol. The molecule has 7 heteroatoms. The Balaban J connectivity index is 1.60. The lowest BCUT2D eigenvalue weighted by Crippen LogP contribution is -2.20. The van der Waals surface area contributed by atoms with E-state index in [1.165, 1.54) is 0 Å². The molecule has 0 unspecified atom stereocenters. The van der Waals surface area contributed by atoms with Gasteiger partial charge in [-0.1, -0.05) is 41.7 Å². The van der Waals surface area contributed by atoms with E-state index in [1.54, 1.807) is 16.0 Å². The summed E-state index contributed by atoms with van der Waals surface area (Å²) in [4.78, 5) is 23.6. The number of aryl methyl sites for hydroxylation is 1. The van der Waals surface area contributed by atoms with E-state index in [0.717, 1.165) is 28.3 Å². The number of nitrogens with one attached hydrogen (secondary N) is 1. The summed E-state index contributed by atoms with van der Waals surface area (Å²) in [6.45, 7) is 2.21. The normalized spacial score (nSPS) is 10.5. The van der Waals surface area contributed by atoms with Crippen molar-refractivity contribution >= 4 is 23.1 Å². The SMILES string of the molecule is Cc1csc(=O)n1CCC(=O)Nc1ccc(-c2ccccc2)nn1. The molecule has 0 bridgehead atoms. The third-order valence-electron chi connectivity index (χ3n) is 3.54. The fourth-order valence-electron chi connectivity index (χ4n) is 2.26. The lowest BCUT2D eigenvalue weighted by Gasteiger charge is -2.06. The predicted molar refractivity (Wildman–Crippen MR) is 94.0 cm³/mol. The monoisotopic (exact) mass is 340 g/mol. The van der Waals surface area contributed by atoms with Crippen molar-refractivity contribution in [1.82, 2.24) is 14.8 Å². The molecule has 1 N–H and O–H groups in total. The van der Waals surface area contributed by atoms with Gasteiger partial charge in [-0.3, -0.25) is 9.59 Å². The second kappa shape index (κ2) is 7.18. The topological polar surface area (TPSA) is 76.9 Å². The van der Waals surface area contributed by atoms with Gasteiger partial charge < -0.3 is 9.88 Å². The maximum absolute atomic E-state index is 12.0. The Morgan fingerprint density at radius 1 is 1.17 bits per heavy atom. The molecule has 1 amide bonds. The van der Waals surface area contributed by atoms with E-state index in [0.29, 0.717) is 12.4 Å². The summed E-state index contributed by atoms with van der Waals surface area (Å²) in [5, 5.41) is 12.6. The van der Waals surface area contributed by atoms with E-state index < -0.39 is 0 Å². The highest BCUT2D eigenvalue weighted by molar-refractivity contribution is 7.07. The number of nitrogens with zero attached hydrogens (tertiary/aromatic N) is 3. The number of anilines is 1. The van der Waals surface area contributed by atoms with Gasteiger partial charge in [-0.25, -0.2) is 0 Å². The maximum Gasteiger partial charge on any atom is 0.307 e. The molecule has 0 saturated heterocycles. The molecule has 24 heavy (non-hydrogen) atoms. The van der Waals surface area contributed by atoms with Crippen LogP contribution in [0, 0.1) is 6.92 Å². The van der Waals surface area contributed by atoms with Crippen LogP contribution in [0.2, 0.25) is 0 Å². The number of hydrogen-bond acceptors (Lipinski definition) is 5. The first-order valence-corrected chi connectivity index (χ1v) is 8.35. The standard InChI is InChI=1S/C17H16N4O2S/c1-12-11-24-17(23)21(12)10-9-16(22)18-15-8-7-14(19-20-15)13-5-3-2-4-6-13/h2-8,11H,9-10H2,1H3,(H,18,20,22). The highest BCUT2D eigenvalue weighted by Gasteiger charge is 2.08. The van der Waals surface area contributed by atoms with Gasteiger partial charge in [-0.15, -0.1) is 10.2 Å². The van der Waals surface area contributed by atoms with Crippen LogP contribution < -0.4 is 10.2 Å². The van der Waals surface area contributed by atoms with Crippen molar-refractivity contribution < 1.29 is 4.79 Å². The number of carbonyl (C=O) groups excluding carboxylic acids is 1. The second-order valence-electron chi connectivity index (χ2n) is 5.26. The zero-order valence-electron chi connectivity index (χ0n) is 13.1. The van der Waals surface area contributed by atoms with Gasteiger partial charge in [-0.05, 0) is 19.1 Å². The number of thiazole rings is 1. The Labute approximate surface area is 142 Å². The Morgan fingerprint density at radius 3 is 2.58 bits per heavy atom. The lowest BCUT2D eigenvalue weighted by atomic mass is 10.1. The van der Waals surface area contributed by atoms with Crippen LogP contribution in [0.4, 0.5) is 5.82 Å². The molecule has 0 atom stereocenters. The van der Waals surface area contributed by atoms with E-state index in [-0.39, 0.29) is 17.2 Å². The molecule has 0 saturated carbocycles. The second-order valence-corrected chi connectivity index (χ2v) is 6.08. The first-order chi connectivity index (χ1) is 11.6. The molecular formula is C17H16N4O2S. The van der Waals surface area contributed by atoms with Gasteiger partial charge in [0.05, 0.1) is 5.69 Å². The number of aromatic nitrogens is 3. The Kier molecular flexibility index (Phi) is 4.81. The fourth-order valence-corrected chi connectivity index (χ4v) is 3.02. The molecule has 0 aliphatic rings. The van der Waals surface area contributed by atoms with Crippen LogP contribution in [0.15, 0.2) is 52.6 Å².